The van der Waals surface area contributed by atoms with Crippen molar-refractivity contribution >= 4 is 11.9 Å². The molecule has 0 aromatic heterocycles. The topological polar surface area (TPSA) is 57.6 Å². The number of benzene rings is 1. The Morgan fingerprint density at radius 2 is 2.00 bits per heavy atom. The zero-order valence-electron chi connectivity index (χ0n) is 11.2. The molecule has 6 heteroatoms. The molecule has 1 aliphatic rings. The van der Waals surface area contributed by atoms with Gasteiger partial charge >= 0.3 is 5.97 Å². The Kier molecular flexibility index (Phi) is 3.50. The lowest BCUT2D eigenvalue weighted by atomic mass is 9.98. The lowest BCUT2D eigenvalue weighted by Gasteiger charge is -2.31. The number of aryl methyl sites for hydroxylation is 1. The van der Waals surface area contributed by atoms with E-state index in [9.17, 15) is 23.5 Å². The lowest BCUT2D eigenvalue weighted by Crippen LogP contribution is -2.51. The zero-order valence-corrected chi connectivity index (χ0v) is 11.2. The van der Waals surface area contributed by atoms with Crippen molar-refractivity contribution in [1.82, 2.24) is 4.90 Å². The predicted molar refractivity (Wildman–Crippen MR) is 67.4 cm³/mol. The number of halogens is 2. The molecule has 20 heavy (non-hydrogen) atoms. The molecule has 1 aromatic carbocycles. The Labute approximate surface area is 115 Å². The maximum atomic E-state index is 14.0. The van der Waals surface area contributed by atoms with Gasteiger partial charge < -0.3 is 10.0 Å². The molecule has 108 valence electrons. The molecular formula is C14H15F2NO3. The van der Waals surface area contributed by atoms with Crippen molar-refractivity contribution in [2.45, 2.75) is 32.2 Å². The first-order valence-corrected chi connectivity index (χ1v) is 6.29. The fraction of sp³-hybridized carbons (Fsp3) is 0.429. The van der Waals surface area contributed by atoms with Gasteiger partial charge in [-0.3, -0.25) is 4.79 Å². The van der Waals surface area contributed by atoms with E-state index < -0.39 is 34.6 Å². The van der Waals surface area contributed by atoms with Gasteiger partial charge in [0.05, 0.1) is 0 Å². The Bertz CT molecular complexity index is 588. The van der Waals surface area contributed by atoms with Gasteiger partial charge in [-0.15, -0.1) is 0 Å². The first-order chi connectivity index (χ1) is 9.29. The number of hydrogen-bond acceptors (Lipinski definition) is 2. The number of hydrogen-bond donors (Lipinski definition) is 1. The van der Waals surface area contributed by atoms with Crippen LogP contribution in [-0.2, 0) is 4.79 Å². The van der Waals surface area contributed by atoms with Crippen LogP contribution in [0.15, 0.2) is 12.1 Å². The average molecular weight is 283 g/mol. The number of rotatable bonds is 2. The van der Waals surface area contributed by atoms with Crippen molar-refractivity contribution in [2.24, 2.45) is 0 Å². The van der Waals surface area contributed by atoms with E-state index in [4.69, 9.17) is 0 Å². The van der Waals surface area contributed by atoms with Crippen molar-refractivity contribution < 1.29 is 23.5 Å². The highest BCUT2D eigenvalue weighted by Gasteiger charge is 2.47. The number of carbonyl (C=O) groups excluding carboxylic acids is 1. The third-order valence-corrected chi connectivity index (χ3v) is 3.84. The van der Waals surface area contributed by atoms with Gasteiger partial charge in [-0.05, 0) is 38.3 Å². The second kappa shape index (κ2) is 4.85. The zero-order chi connectivity index (χ0) is 15.1. The number of carboxylic acids is 1. The third-order valence-electron chi connectivity index (χ3n) is 3.84. The smallest absolute Gasteiger partial charge is 0.329 e. The van der Waals surface area contributed by atoms with E-state index in [1.54, 1.807) is 0 Å². The molecular weight excluding hydrogens is 268 g/mol. The summed E-state index contributed by atoms with van der Waals surface area (Å²) in [4.78, 5) is 24.7. The highest BCUT2D eigenvalue weighted by Crippen LogP contribution is 2.32. The lowest BCUT2D eigenvalue weighted by molar-refractivity contribution is -0.147. The van der Waals surface area contributed by atoms with E-state index in [0.29, 0.717) is 6.42 Å². The maximum absolute atomic E-state index is 14.0. The largest absolute Gasteiger partial charge is 0.480 e. The molecule has 1 atom stereocenters. The molecule has 1 fully saturated rings. The van der Waals surface area contributed by atoms with Gasteiger partial charge in [0, 0.05) is 6.54 Å². The number of likely N-dealkylation sites (tertiary alicyclic amines) is 1. The van der Waals surface area contributed by atoms with Crippen molar-refractivity contribution in [3.63, 3.8) is 0 Å². The minimum Gasteiger partial charge on any atom is -0.480 e. The van der Waals surface area contributed by atoms with Crippen LogP contribution in [0.5, 0.6) is 0 Å². The summed E-state index contributed by atoms with van der Waals surface area (Å²) in [6.45, 7) is 2.99. The van der Waals surface area contributed by atoms with E-state index in [1.165, 1.54) is 19.9 Å². The molecule has 0 aliphatic carbocycles. The standard InChI is InChI=1S/C14H15F2NO3/c1-8-4-5-9(15)10(11(8)16)12(18)17-7-3-6-14(17,2)13(19)20/h4-5H,3,6-7H2,1-2H3,(H,19,20). The Balaban J connectivity index is 2.47. The van der Waals surface area contributed by atoms with Crippen LogP contribution in [-0.4, -0.2) is 34.0 Å². The highest BCUT2D eigenvalue weighted by atomic mass is 19.1. The molecule has 1 aliphatic heterocycles. The highest BCUT2D eigenvalue weighted by molar-refractivity contribution is 5.98. The number of aliphatic carboxylic acids is 1. The van der Waals surface area contributed by atoms with Crippen LogP contribution < -0.4 is 0 Å². The van der Waals surface area contributed by atoms with E-state index in [2.05, 4.69) is 0 Å². The van der Waals surface area contributed by atoms with Gasteiger partial charge in [0.15, 0.2) is 0 Å². The summed E-state index contributed by atoms with van der Waals surface area (Å²) in [7, 11) is 0. The normalized spacial score (nSPS) is 22.1. The van der Waals surface area contributed by atoms with Crippen molar-refractivity contribution in [3.05, 3.63) is 34.9 Å². The quantitative estimate of drug-likeness (QED) is 0.906. The number of amides is 1. The van der Waals surface area contributed by atoms with Gasteiger partial charge in [-0.2, -0.15) is 0 Å². The third kappa shape index (κ3) is 2.05. The van der Waals surface area contributed by atoms with E-state index >= 15 is 0 Å². The number of nitrogens with zero attached hydrogens (tertiary/aromatic N) is 1. The van der Waals surface area contributed by atoms with Crippen molar-refractivity contribution in [1.29, 1.82) is 0 Å². The molecule has 1 unspecified atom stereocenters. The molecule has 1 N–H and O–H groups in total. The van der Waals surface area contributed by atoms with E-state index in [1.807, 2.05) is 0 Å². The molecule has 1 aromatic rings. The first kappa shape index (κ1) is 14.4. The van der Waals surface area contributed by atoms with E-state index in [0.717, 1.165) is 11.0 Å². The van der Waals surface area contributed by atoms with Gasteiger partial charge in [0.2, 0.25) is 0 Å². The summed E-state index contributed by atoms with van der Waals surface area (Å²) in [5.74, 6) is -3.99. The van der Waals surface area contributed by atoms with Crippen LogP contribution in [0.2, 0.25) is 0 Å². The Morgan fingerprint density at radius 1 is 1.35 bits per heavy atom. The minimum absolute atomic E-state index is 0.144. The van der Waals surface area contributed by atoms with Crippen LogP contribution in [0.25, 0.3) is 0 Å². The van der Waals surface area contributed by atoms with Gasteiger partial charge in [-0.1, -0.05) is 6.07 Å². The first-order valence-electron chi connectivity index (χ1n) is 6.29. The Morgan fingerprint density at radius 3 is 2.60 bits per heavy atom. The molecule has 0 saturated carbocycles. The monoisotopic (exact) mass is 283 g/mol. The molecule has 0 spiro atoms. The molecule has 1 heterocycles. The number of carbonyl (C=O) groups is 2. The second-order valence-electron chi connectivity index (χ2n) is 5.19. The second-order valence-corrected chi connectivity index (χ2v) is 5.19. The van der Waals surface area contributed by atoms with Crippen LogP contribution >= 0.6 is 0 Å². The maximum Gasteiger partial charge on any atom is 0.329 e. The Hall–Kier alpha value is -1.98. The fourth-order valence-electron chi connectivity index (χ4n) is 2.50. The van der Waals surface area contributed by atoms with Crippen molar-refractivity contribution in [3.8, 4) is 0 Å². The summed E-state index contributed by atoms with van der Waals surface area (Å²) in [5.41, 5.74) is -1.95. The molecule has 1 saturated heterocycles. The van der Waals surface area contributed by atoms with Crippen LogP contribution in [0.4, 0.5) is 8.78 Å². The summed E-state index contributed by atoms with van der Waals surface area (Å²) in [6, 6.07) is 2.25. The molecule has 0 bridgehead atoms. The van der Waals surface area contributed by atoms with Crippen LogP contribution in [0, 0.1) is 18.6 Å². The van der Waals surface area contributed by atoms with Gasteiger partial charge in [0.1, 0.15) is 22.7 Å². The number of carboxylic acid groups (broad SMARTS) is 1. The average Bonchev–Trinajstić information content (AvgIpc) is 2.78. The molecule has 4 nitrogen and oxygen atoms in total. The fourth-order valence-corrected chi connectivity index (χ4v) is 2.50. The van der Waals surface area contributed by atoms with Crippen LogP contribution in [0.3, 0.4) is 0 Å². The summed E-state index contributed by atoms with van der Waals surface area (Å²) >= 11 is 0. The summed E-state index contributed by atoms with van der Waals surface area (Å²) in [5, 5.41) is 9.25. The van der Waals surface area contributed by atoms with Crippen molar-refractivity contribution in [2.75, 3.05) is 6.54 Å². The SMILES string of the molecule is Cc1ccc(F)c(C(=O)N2CCCC2(C)C(=O)O)c1F. The van der Waals surface area contributed by atoms with Crippen LogP contribution in [0.1, 0.15) is 35.7 Å². The summed E-state index contributed by atoms with van der Waals surface area (Å²) < 4.78 is 27.7. The predicted octanol–water partition coefficient (Wildman–Crippen LogP) is 2.35. The van der Waals surface area contributed by atoms with Gasteiger partial charge in [-0.25, -0.2) is 13.6 Å². The minimum atomic E-state index is -1.42. The molecule has 1 amide bonds. The molecule has 2 rings (SSSR count). The van der Waals surface area contributed by atoms with E-state index in [-0.39, 0.29) is 18.5 Å². The summed E-state index contributed by atoms with van der Waals surface area (Å²) in [6.07, 6.45) is 0.757. The molecule has 0 radical (unpaired) electrons. The van der Waals surface area contributed by atoms with Gasteiger partial charge in [0.25, 0.3) is 5.91 Å².